The van der Waals surface area contributed by atoms with Gasteiger partial charge in [-0.2, -0.15) is 0 Å². The summed E-state index contributed by atoms with van der Waals surface area (Å²) in [6.07, 6.45) is 0. The number of primary sulfonamides is 1. The zero-order valence-corrected chi connectivity index (χ0v) is 6.61. The average Bonchev–Trinajstić information content (AvgIpc) is 1.82. The van der Waals surface area contributed by atoms with Crippen LogP contribution in [0.3, 0.4) is 0 Å². The van der Waals surface area contributed by atoms with Crippen LogP contribution in [0.5, 0.6) is 0 Å². The number of benzene rings is 1. The number of hydrogen-bond donors (Lipinski definition) is 1. The first-order valence-electron chi connectivity index (χ1n) is 2.90. The first-order chi connectivity index (χ1) is 5.43. The van der Waals surface area contributed by atoms with Gasteiger partial charge < -0.3 is 0 Å². The molecule has 0 amide bonds. The van der Waals surface area contributed by atoms with Crippen LogP contribution in [0.2, 0.25) is 0 Å². The van der Waals surface area contributed by atoms with Crippen molar-refractivity contribution in [3.8, 4) is 0 Å². The summed E-state index contributed by atoms with van der Waals surface area (Å²) in [5, 5.41) is 4.55. The van der Waals surface area contributed by atoms with Crippen molar-refractivity contribution in [2.45, 2.75) is 4.90 Å². The Morgan fingerprint density at radius 3 is 1.83 bits per heavy atom. The van der Waals surface area contributed by atoms with E-state index < -0.39 is 26.6 Å². The van der Waals surface area contributed by atoms with Crippen molar-refractivity contribution in [1.29, 1.82) is 0 Å². The second-order valence-corrected chi connectivity index (χ2v) is 3.59. The van der Waals surface area contributed by atoms with E-state index in [4.69, 9.17) is 0 Å². The number of halogens is 2. The van der Waals surface area contributed by atoms with E-state index in [1.807, 2.05) is 0 Å². The highest BCUT2D eigenvalue weighted by Crippen LogP contribution is 2.15. The molecule has 0 radical (unpaired) electrons. The maximum atomic E-state index is 12.6. The van der Waals surface area contributed by atoms with Crippen molar-refractivity contribution in [2.75, 3.05) is 0 Å². The minimum absolute atomic E-state index is 0.822. The fourth-order valence-electron chi connectivity index (χ4n) is 0.754. The lowest BCUT2D eigenvalue weighted by molar-refractivity contribution is 0.520. The Bertz CT molecular complexity index is 382. The number of hydrogen-bond acceptors (Lipinski definition) is 2. The topological polar surface area (TPSA) is 60.2 Å². The molecule has 66 valence electrons. The van der Waals surface area contributed by atoms with Crippen LogP contribution in [0.15, 0.2) is 23.1 Å². The van der Waals surface area contributed by atoms with E-state index in [0.717, 1.165) is 18.2 Å². The summed E-state index contributed by atoms with van der Waals surface area (Å²) in [6, 6.07) is 2.70. The van der Waals surface area contributed by atoms with Gasteiger partial charge in [-0.1, -0.05) is 6.07 Å². The lowest BCUT2D eigenvalue weighted by Gasteiger charge is -1.99. The maximum absolute atomic E-state index is 12.6. The van der Waals surface area contributed by atoms with E-state index in [1.165, 1.54) is 0 Å². The Labute approximate surface area is 67.9 Å². The number of sulfonamides is 1. The Kier molecular flexibility index (Phi) is 2.12. The third-order valence-corrected chi connectivity index (χ3v) is 2.16. The molecular weight excluding hydrogens is 188 g/mol. The number of rotatable bonds is 1. The summed E-state index contributed by atoms with van der Waals surface area (Å²) >= 11 is 0. The first-order valence-corrected chi connectivity index (χ1v) is 4.44. The smallest absolute Gasteiger partial charge is 0.224 e. The van der Waals surface area contributed by atoms with Crippen LogP contribution in [0.4, 0.5) is 8.78 Å². The second kappa shape index (κ2) is 2.80. The maximum Gasteiger partial charge on any atom is 0.243 e. The molecule has 0 saturated heterocycles. The molecule has 0 saturated carbocycles. The molecule has 0 heterocycles. The van der Waals surface area contributed by atoms with E-state index >= 15 is 0 Å². The standard InChI is InChI=1S/C6H5F2NO2S/c7-4-2-1-3-5(8)6(4)12(9,10)11/h1-3H,(H2,9,10,11). The SMILES string of the molecule is NS(=O)(=O)c1c(F)cccc1F. The molecule has 2 N–H and O–H groups in total. The van der Waals surface area contributed by atoms with Gasteiger partial charge in [0, 0.05) is 0 Å². The van der Waals surface area contributed by atoms with Crippen LogP contribution in [0, 0.1) is 11.6 Å². The molecule has 0 atom stereocenters. The van der Waals surface area contributed by atoms with Gasteiger partial charge in [-0.05, 0) is 12.1 Å². The van der Waals surface area contributed by atoms with Gasteiger partial charge in [0.15, 0.2) is 4.90 Å². The van der Waals surface area contributed by atoms with Crippen LogP contribution < -0.4 is 5.14 Å². The largest absolute Gasteiger partial charge is 0.243 e. The summed E-state index contributed by atoms with van der Waals surface area (Å²) in [5.74, 6) is -2.37. The average molecular weight is 193 g/mol. The zero-order valence-electron chi connectivity index (χ0n) is 5.79. The molecule has 6 heteroatoms. The molecule has 0 aliphatic carbocycles. The summed E-state index contributed by atoms with van der Waals surface area (Å²) in [5.41, 5.74) is 0. The third-order valence-electron chi connectivity index (χ3n) is 1.20. The first kappa shape index (κ1) is 9.08. The van der Waals surface area contributed by atoms with Crippen LogP contribution >= 0.6 is 0 Å². The van der Waals surface area contributed by atoms with Crippen LogP contribution in [-0.2, 0) is 10.0 Å². The van der Waals surface area contributed by atoms with E-state index in [1.54, 1.807) is 0 Å². The Morgan fingerprint density at radius 2 is 1.58 bits per heavy atom. The molecule has 12 heavy (non-hydrogen) atoms. The summed E-state index contributed by atoms with van der Waals surface area (Å²) in [7, 11) is -4.31. The Hall–Kier alpha value is -1.01. The molecule has 1 rings (SSSR count). The van der Waals surface area contributed by atoms with Gasteiger partial charge in [0.1, 0.15) is 11.6 Å². The molecule has 0 unspecified atom stereocenters. The summed E-state index contributed by atoms with van der Waals surface area (Å²) in [6.45, 7) is 0. The van der Waals surface area contributed by atoms with Crippen molar-refractivity contribution in [2.24, 2.45) is 5.14 Å². The minimum atomic E-state index is -4.31. The molecule has 0 aliphatic heterocycles. The highest BCUT2D eigenvalue weighted by Gasteiger charge is 2.18. The lowest BCUT2D eigenvalue weighted by Crippen LogP contribution is -2.15. The molecule has 0 aromatic heterocycles. The van der Waals surface area contributed by atoms with Gasteiger partial charge in [-0.15, -0.1) is 0 Å². The van der Waals surface area contributed by atoms with Gasteiger partial charge in [-0.25, -0.2) is 22.3 Å². The van der Waals surface area contributed by atoms with Gasteiger partial charge in [0.05, 0.1) is 0 Å². The van der Waals surface area contributed by atoms with Crippen LogP contribution in [-0.4, -0.2) is 8.42 Å². The van der Waals surface area contributed by atoms with E-state index in [0.29, 0.717) is 0 Å². The van der Waals surface area contributed by atoms with Gasteiger partial charge in [-0.3, -0.25) is 0 Å². The fraction of sp³-hybridized carbons (Fsp3) is 0. The van der Waals surface area contributed by atoms with Gasteiger partial charge in [0.2, 0.25) is 10.0 Å². The quantitative estimate of drug-likeness (QED) is 0.710. The molecule has 0 fully saturated rings. The van der Waals surface area contributed by atoms with Gasteiger partial charge >= 0.3 is 0 Å². The van der Waals surface area contributed by atoms with Crippen molar-refractivity contribution in [3.05, 3.63) is 29.8 Å². The highest BCUT2D eigenvalue weighted by molar-refractivity contribution is 7.89. The molecule has 3 nitrogen and oxygen atoms in total. The van der Waals surface area contributed by atoms with Crippen LogP contribution in [0.25, 0.3) is 0 Å². The van der Waals surface area contributed by atoms with Crippen molar-refractivity contribution in [3.63, 3.8) is 0 Å². The van der Waals surface area contributed by atoms with Gasteiger partial charge in [0.25, 0.3) is 0 Å². The van der Waals surface area contributed by atoms with Crippen molar-refractivity contribution < 1.29 is 17.2 Å². The molecule has 0 spiro atoms. The second-order valence-electron chi connectivity index (χ2n) is 2.10. The van der Waals surface area contributed by atoms with Crippen molar-refractivity contribution in [1.82, 2.24) is 0 Å². The molecule has 0 aliphatic rings. The summed E-state index contributed by atoms with van der Waals surface area (Å²) in [4.78, 5) is -1.09. The van der Waals surface area contributed by atoms with E-state index in [2.05, 4.69) is 5.14 Å². The fourth-order valence-corrected chi connectivity index (χ4v) is 1.43. The number of nitrogens with two attached hydrogens (primary N) is 1. The minimum Gasteiger partial charge on any atom is -0.224 e. The molecule has 0 bridgehead atoms. The van der Waals surface area contributed by atoms with Crippen molar-refractivity contribution >= 4 is 10.0 Å². The van der Waals surface area contributed by atoms with E-state index in [9.17, 15) is 17.2 Å². The Morgan fingerprint density at radius 1 is 1.17 bits per heavy atom. The third kappa shape index (κ3) is 1.59. The predicted molar refractivity (Wildman–Crippen MR) is 37.7 cm³/mol. The predicted octanol–water partition coefficient (Wildman–Crippen LogP) is 0.612. The molecule has 1 aromatic carbocycles. The molecular formula is C6H5F2NO2S. The monoisotopic (exact) mass is 193 g/mol. The Balaban J connectivity index is 3.53. The molecule has 1 aromatic rings. The van der Waals surface area contributed by atoms with E-state index in [-0.39, 0.29) is 0 Å². The summed E-state index contributed by atoms with van der Waals surface area (Å²) < 4.78 is 46.4. The lowest BCUT2D eigenvalue weighted by atomic mass is 10.3. The normalized spacial score (nSPS) is 11.6. The zero-order chi connectivity index (χ0) is 9.35. The van der Waals surface area contributed by atoms with Crippen LogP contribution in [0.1, 0.15) is 0 Å². The highest BCUT2D eigenvalue weighted by atomic mass is 32.2.